The molecule has 0 amide bonds. The third-order valence-corrected chi connectivity index (χ3v) is 8.61. The Labute approximate surface area is 263 Å². The Balaban J connectivity index is 1.48. The summed E-state index contributed by atoms with van der Waals surface area (Å²) in [6, 6.07) is 28.8. The molecule has 1 fully saturated rings. The van der Waals surface area contributed by atoms with Gasteiger partial charge in [-0.3, -0.25) is 9.98 Å². The van der Waals surface area contributed by atoms with Gasteiger partial charge < -0.3 is 10.2 Å². The predicted molar refractivity (Wildman–Crippen MR) is 186 cm³/mol. The summed E-state index contributed by atoms with van der Waals surface area (Å²) in [5.41, 5.74) is 7.17. The number of phenolic OH excluding ortho intramolecular Hbond substituents is 2. The van der Waals surface area contributed by atoms with Crippen molar-refractivity contribution in [3.8, 4) is 33.8 Å². The summed E-state index contributed by atoms with van der Waals surface area (Å²) in [4.78, 5) is 10.1. The highest BCUT2D eigenvalue weighted by molar-refractivity contribution is 5.89. The number of nitrogens with zero attached hydrogens (tertiary/aromatic N) is 2. The van der Waals surface area contributed by atoms with E-state index < -0.39 is 0 Å². The molecule has 4 heteroatoms. The SMILES string of the molecule is CC(C)(C)c1cc(-c2ccccc2)cc(C=NC2CCCCC2N=Cc2cc(-c3ccccc3)cc(C(C)(C)C)c2O)c1O. The van der Waals surface area contributed by atoms with Gasteiger partial charge in [0, 0.05) is 34.7 Å². The molecule has 4 aromatic carbocycles. The minimum absolute atomic E-state index is 0.000552. The van der Waals surface area contributed by atoms with E-state index in [0.29, 0.717) is 0 Å². The van der Waals surface area contributed by atoms with Crippen molar-refractivity contribution in [1.29, 1.82) is 0 Å². The second-order valence-corrected chi connectivity index (χ2v) is 14.1. The summed E-state index contributed by atoms with van der Waals surface area (Å²) in [6.45, 7) is 12.7. The average Bonchev–Trinajstić information content (AvgIpc) is 3.00. The van der Waals surface area contributed by atoms with Gasteiger partial charge in [0.05, 0.1) is 12.1 Å². The van der Waals surface area contributed by atoms with E-state index in [2.05, 4.69) is 77.9 Å². The molecule has 0 aromatic heterocycles. The van der Waals surface area contributed by atoms with E-state index in [-0.39, 0.29) is 34.4 Å². The van der Waals surface area contributed by atoms with Gasteiger partial charge in [0.25, 0.3) is 0 Å². The Morgan fingerprint density at radius 2 is 0.909 bits per heavy atom. The summed E-state index contributed by atoms with van der Waals surface area (Å²) in [7, 11) is 0. The number of aromatic hydroxyl groups is 2. The molecule has 1 aliphatic rings. The highest BCUT2D eigenvalue weighted by atomic mass is 16.3. The van der Waals surface area contributed by atoms with Crippen LogP contribution in [0, 0.1) is 0 Å². The molecule has 0 saturated heterocycles. The van der Waals surface area contributed by atoms with Crippen molar-refractivity contribution in [2.45, 2.75) is 90.1 Å². The minimum atomic E-state index is -0.225. The zero-order valence-corrected chi connectivity index (χ0v) is 27.0. The highest BCUT2D eigenvalue weighted by Crippen LogP contribution is 2.38. The minimum Gasteiger partial charge on any atom is -0.507 e. The van der Waals surface area contributed by atoms with Crippen LogP contribution >= 0.6 is 0 Å². The molecule has 1 aliphatic carbocycles. The number of rotatable bonds is 6. The second-order valence-electron chi connectivity index (χ2n) is 14.1. The Morgan fingerprint density at radius 1 is 0.545 bits per heavy atom. The summed E-state index contributed by atoms with van der Waals surface area (Å²) < 4.78 is 0. The van der Waals surface area contributed by atoms with Crippen molar-refractivity contribution in [3.63, 3.8) is 0 Å². The molecular formula is C40H46N2O2. The molecule has 0 radical (unpaired) electrons. The lowest BCUT2D eigenvalue weighted by molar-refractivity contribution is 0.390. The fourth-order valence-electron chi connectivity index (χ4n) is 6.04. The molecule has 0 spiro atoms. The van der Waals surface area contributed by atoms with Gasteiger partial charge in [-0.05, 0) is 70.2 Å². The topological polar surface area (TPSA) is 65.2 Å². The van der Waals surface area contributed by atoms with E-state index in [9.17, 15) is 10.2 Å². The fraction of sp³-hybridized carbons (Fsp3) is 0.350. The molecule has 228 valence electrons. The van der Waals surface area contributed by atoms with E-state index >= 15 is 0 Å². The zero-order chi connectivity index (χ0) is 31.5. The number of benzene rings is 4. The lowest BCUT2D eigenvalue weighted by Crippen LogP contribution is -2.27. The molecule has 0 bridgehead atoms. The zero-order valence-electron chi connectivity index (χ0n) is 27.0. The average molecular weight is 587 g/mol. The molecule has 5 rings (SSSR count). The van der Waals surface area contributed by atoms with Crippen LogP contribution in [0.4, 0.5) is 0 Å². The van der Waals surface area contributed by atoms with Crippen LogP contribution in [-0.4, -0.2) is 34.7 Å². The summed E-state index contributed by atoms with van der Waals surface area (Å²) in [6.07, 6.45) is 7.77. The largest absolute Gasteiger partial charge is 0.507 e. The lowest BCUT2D eigenvalue weighted by Gasteiger charge is -2.26. The molecular weight excluding hydrogens is 540 g/mol. The van der Waals surface area contributed by atoms with Crippen LogP contribution in [0.1, 0.15) is 89.5 Å². The Bertz CT molecular complexity index is 1520. The molecule has 1 saturated carbocycles. The van der Waals surface area contributed by atoms with E-state index in [1.165, 1.54) is 0 Å². The van der Waals surface area contributed by atoms with Gasteiger partial charge in [0.15, 0.2) is 0 Å². The maximum absolute atomic E-state index is 11.3. The van der Waals surface area contributed by atoms with Crippen molar-refractivity contribution in [1.82, 2.24) is 0 Å². The summed E-state index contributed by atoms with van der Waals surface area (Å²) in [5.74, 6) is 0.573. The second kappa shape index (κ2) is 12.8. The van der Waals surface area contributed by atoms with Gasteiger partial charge in [0.1, 0.15) is 11.5 Å². The van der Waals surface area contributed by atoms with Crippen LogP contribution in [0.3, 0.4) is 0 Å². The standard InChI is InChI=1S/C40H46N2O2/c1-39(2,3)33-23-29(27-15-9-7-10-16-27)21-31(37(33)43)25-41-35-19-13-14-20-36(35)42-26-32-22-30(28-17-11-8-12-18-28)24-34(38(32)44)40(4,5)6/h7-12,15-18,21-26,35-36,43-44H,13-14,19-20H2,1-6H3. The number of phenols is 2. The summed E-state index contributed by atoms with van der Waals surface area (Å²) in [5, 5.41) is 22.7. The van der Waals surface area contributed by atoms with Crippen molar-refractivity contribution in [2.24, 2.45) is 9.98 Å². The van der Waals surface area contributed by atoms with Gasteiger partial charge in [-0.1, -0.05) is 115 Å². The number of aliphatic imine (C=N–C) groups is 2. The third kappa shape index (κ3) is 7.13. The van der Waals surface area contributed by atoms with Gasteiger partial charge in [-0.25, -0.2) is 0 Å². The monoisotopic (exact) mass is 586 g/mol. The van der Waals surface area contributed by atoms with Gasteiger partial charge in [-0.2, -0.15) is 0 Å². The maximum atomic E-state index is 11.3. The summed E-state index contributed by atoms with van der Waals surface area (Å²) >= 11 is 0. The molecule has 2 atom stereocenters. The number of hydrogen-bond donors (Lipinski definition) is 2. The van der Waals surface area contributed by atoms with E-state index in [1.807, 2.05) is 61.0 Å². The molecule has 44 heavy (non-hydrogen) atoms. The first kappa shape index (κ1) is 31.3. The Kier molecular flexibility index (Phi) is 9.10. The van der Waals surface area contributed by atoms with Crippen molar-refractivity contribution < 1.29 is 10.2 Å². The third-order valence-electron chi connectivity index (χ3n) is 8.61. The quantitative estimate of drug-likeness (QED) is 0.221. The van der Waals surface area contributed by atoms with Crippen LogP contribution in [0.25, 0.3) is 22.3 Å². The van der Waals surface area contributed by atoms with Crippen molar-refractivity contribution in [2.75, 3.05) is 0 Å². The van der Waals surface area contributed by atoms with Crippen LogP contribution in [0.5, 0.6) is 11.5 Å². The van der Waals surface area contributed by atoms with Crippen molar-refractivity contribution in [3.05, 3.63) is 107 Å². The van der Waals surface area contributed by atoms with E-state index in [4.69, 9.17) is 9.98 Å². The predicted octanol–water partition coefficient (Wildman–Crippen LogP) is 9.88. The van der Waals surface area contributed by atoms with Crippen LogP contribution < -0.4 is 0 Å². The van der Waals surface area contributed by atoms with E-state index in [1.54, 1.807) is 0 Å². The highest BCUT2D eigenvalue weighted by Gasteiger charge is 2.26. The van der Waals surface area contributed by atoms with Gasteiger partial charge in [0.2, 0.25) is 0 Å². The van der Waals surface area contributed by atoms with Crippen LogP contribution in [0.15, 0.2) is 94.9 Å². The Morgan fingerprint density at radius 3 is 1.25 bits per heavy atom. The molecule has 2 N–H and O–H groups in total. The fourth-order valence-corrected chi connectivity index (χ4v) is 6.04. The first-order valence-corrected chi connectivity index (χ1v) is 15.8. The maximum Gasteiger partial charge on any atom is 0.128 e. The lowest BCUT2D eigenvalue weighted by atomic mass is 9.83. The smallest absolute Gasteiger partial charge is 0.128 e. The van der Waals surface area contributed by atoms with Gasteiger partial charge >= 0.3 is 0 Å². The molecule has 0 aliphatic heterocycles. The van der Waals surface area contributed by atoms with E-state index in [0.717, 1.165) is 70.2 Å². The molecule has 0 heterocycles. The van der Waals surface area contributed by atoms with Gasteiger partial charge in [-0.15, -0.1) is 0 Å². The Hall–Kier alpha value is -4.18. The normalized spacial score (nSPS) is 17.9. The number of hydrogen-bond acceptors (Lipinski definition) is 4. The first-order valence-electron chi connectivity index (χ1n) is 15.8. The molecule has 4 aromatic rings. The first-order chi connectivity index (χ1) is 20.9. The molecule has 2 unspecified atom stereocenters. The molecule has 4 nitrogen and oxygen atoms in total. The van der Waals surface area contributed by atoms with Crippen LogP contribution in [-0.2, 0) is 10.8 Å². The van der Waals surface area contributed by atoms with Crippen molar-refractivity contribution >= 4 is 12.4 Å². The van der Waals surface area contributed by atoms with Crippen LogP contribution in [0.2, 0.25) is 0 Å².